The van der Waals surface area contributed by atoms with E-state index < -0.39 is 5.54 Å². The molecule has 1 atom stereocenters. The average molecular weight is 304 g/mol. The molecule has 0 aliphatic carbocycles. The Morgan fingerprint density at radius 3 is 2.94 bits per heavy atom. The normalized spacial score (nSPS) is 14.4. The summed E-state index contributed by atoms with van der Waals surface area (Å²) in [5.41, 5.74) is 4.62. The summed E-state index contributed by atoms with van der Waals surface area (Å²) in [6.07, 6.45) is 1.72. The minimum absolute atomic E-state index is 0.366. The number of hydrogen-bond acceptors (Lipinski definition) is 4. The summed E-state index contributed by atoms with van der Waals surface area (Å²) in [6.45, 7) is 1.78. The zero-order chi connectivity index (χ0) is 12.2. The zero-order valence-electron chi connectivity index (χ0n) is 9.16. The topological polar surface area (TPSA) is 68.0 Å². The molecule has 1 heterocycles. The Morgan fingerprint density at radius 1 is 1.75 bits per heavy atom. The molecule has 0 aromatic carbocycles. The summed E-state index contributed by atoms with van der Waals surface area (Å²) in [4.78, 5) is 15.5. The summed E-state index contributed by atoms with van der Waals surface area (Å²) in [7, 11) is 1.72. The standard InChI is InChI=1S/C10H14BrN3OS/c1-10(13-2,9(12)15)6-16-8-7(11)4-3-5-14-8/h3-5,13H,6H2,1-2H3,(H2,12,15). The van der Waals surface area contributed by atoms with Crippen LogP contribution in [0, 0.1) is 0 Å². The number of pyridine rings is 1. The second-order valence-electron chi connectivity index (χ2n) is 3.53. The van der Waals surface area contributed by atoms with Crippen molar-refractivity contribution in [2.75, 3.05) is 12.8 Å². The molecule has 16 heavy (non-hydrogen) atoms. The van der Waals surface area contributed by atoms with Gasteiger partial charge in [-0.2, -0.15) is 0 Å². The van der Waals surface area contributed by atoms with Crippen LogP contribution in [0.2, 0.25) is 0 Å². The van der Waals surface area contributed by atoms with Gasteiger partial charge in [0, 0.05) is 16.4 Å². The second-order valence-corrected chi connectivity index (χ2v) is 5.34. The van der Waals surface area contributed by atoms with E-state index in [9.17, 15) is 4.79 Å². The van der Waals surface area contributed by atoms with E-state index in [0.29, 0.717) is 5.75 Å². The molecule has 88 valence electrons. The first-order chi connectivity index (χ1) is 7.49. The monoisotopic (exact) mass is 303 g/mol. The van der Waals surface area contributed by atoms with Crippen molar-refractivity contribution in [2.45, 2.75) is 17.5 Å². The number of primary amides is 1. The van der Waals surface area contributed by atoms with Crippen molar-refractivity contribution < 1.29 is 4.79 Å². The number of nitrogens with zero attached hydrogens (tertiary/aromatic N) is 1. The Balaban J connectivity index is 2.71. The van der Waals surface area contributed by atoms with Crippen LogP contribution in [0.1, 0.15) is 6.92 Å². The van der Waals surface area contributed by atoms with Gasteiger partial charge in [0.25, 0.3) is 0 Å². The van der Waals surface area contributed by atoms with E-state index >= 15 is 0 Å². The van der Waals surface area contributed by atoms with Gasteiger partial charge in [-0.1, -0.05) is 0 Å². The molecule has 6 heteroatoms. The van der Waals surface area contributed by atoms with Crippen molar-refractivity contribution in [3.05, 3.63) is 22.8 Å². The van der Waals surface area contributed by atoms with Gasteiger partial charge in [-0.15, -0.1) is 11.8 Å². The summed E-state index contributed by atoms with van der Waals surface area (Å²) in [6, 6.07) is 3.76. The molecule has 1 aromatic rings. The van der Waals surface area contributed by atoms with E-state index in [0.717, 1.165) is 9.50 Å². The molecule has 0 spiro atoms. The number of nitrogens with two attached hydrogens (primary N) is 1. The fourth-order valence-corrected chi connectivity index (χ4v) is 2.61. The summed E-state index contributed by atoms with van der Waals surface area (Å²) in [5.74, 6) is 0.170. The highest BCUT2D eigenvalue weighted by Gasteiger charge is 2.29. The third-order valence-corrected chi connectivity index (χ3v) is 4.54. The Hall–Kier alpha value is -0.590. The second kappa shape index (κ2) is 5.65. The Kier molecular flexibility index (Phi) is 4.76. The van der Waals surface area contributed by atoms with Crippen LogP contribution < -0.4 is 11.1 Å². The summed E-state index contributed by atoms with van der Waals surface area (Å²) >= 11 is 4.89. The number of halogens is 1. The Bertz CT molecular complexity index is 388. The van der Waals surface area contributed by atoms with Gasteiger partial charge in [0.15, 0.2) is 0 Å². The average Bonchev–Trinajstić information content (AvgIpc) is 2.27. The first-order valence-electron chi connectivity index (χ1n) is 4.72. The molecular formula is C10H14BrN3OS. The first kappa shape index (κ1) is 13.5. The molecule has 0 bridgehead atoms. The lowest BCUT2D eigenvalue weighted by Crippen LogP contribution is -2.53. The number of carbonyl (C=O) groups is 1. The largest absolute Gasteiger partial charge is 0.368 e. The van der Waals surface area contributed by atoms with Crippen LogP contribution in [0.4, 0.5) is 0 Å². The molecule has 1 unspecified atom stereocenters. The fourth-order valence-electron chi connectivity index (χ4n) is 0.957. The van der Waals surface area contributed by atoms with Crippen LogP contribution in [0.25, 0.3) is 0 Å². The van der Waals surface area contributed by atoms with Crippen molar-refractivity contribution in [1.82, 2.24) is 10.3 Å². The van der Waals surface area contributed by atoms with Crippen LogP contribution in [-0.4, -0.2) is 29.2 Å². The van der Waals surface area contributed by atoms with E-state index in [-0.39, 0.29) is 5.91 Å². The maximum absolute atomic E-state index is 11.3. The molecule has 1 aromatic heterocycles. The predicted octanol–water partition coefficient (Wildman–Crippen LogP) is 1.40. The van der Waals surface area contributed by atoms with Crippen molar-refractivity contribution in [1.29, 1.82) is 0 Å². The van der Waals surface area contributed by atoms with Crippen molar-refractivity contribution in [2.24, 2.45) is 5.73 Å². The number of hydrogen-bond donors (Lipinski definition) is 2. The number of aromatic nitrogens is 1. The third-order valence-electron chi connectivity index (χ3n) is 2.32. The minimum Gasteiger partial charge on any atom is -0.368 e. The maximum Gasteiger partial charge on any atom is 0.238 e. The van der Waals surface area contributed by atoms with Gasteiger partial charge >= 0.3 is 0 Å². The van der Waals surface area contributed by atoms with Gasteiger partial charge < -0.3 is 11.1 Å². The highest BCUT2D eigenvalue weighted by atomic mass is 79.9. The number of rotatable bonds is 5. The molecule has 3 N–H and O–H groups in total. The minimum atomic E-state index is -0.721. The molecular weight excluding hydrogens is 290 g/mol. The van der Waals surface area contributed by atoms with Gasteiger partial charge in [-0.25, -0.2) is 4.98 Å². The Labute approximate surface area is 108 Å². The van der Waals surface area contributed by atoms with Gasteiger partial charge in [0.1, 0.15) is 10.6 Å². The number of thioether (sulfide) groups is 1. The van der Waals surface area contributed by atoms with Gasteiger partial charge in [-0.05, 0) is 42.0 Å². The van der Waals surface area contributed by atoms with Crippen LogP contribution in [-0.2, 0) is 4.79 Å². The van der Waals surface area contributed by atoms with E-state index in [1.165, 1.54) is 11.8 Å². The zero-order valence-corrected chi connectivity index (χ0v) is 11.6. The molecule has 0 aliphatic heterocycles. The molecule has 1 amide bonds. The highest BCUT2D eigenvalue weighted by Crippen LogP contribution is 2.27. The Morgan fingerprint density at radius 2 is 2.44 bits per heavy atom. The fraction of sp³-hybridized carbons (Fsp3) is 0.400. The molecule has 4 nitrogen and oxygen atoms in total. The molecule has 0 radical (unpaired) electrons. The van der Waals surface area contributed by atoms with E-state index in [1.807, 2.05) is 12.1 Å². The molecule has 1 rings (SSSR count). The van der Waals surface area contributed by atoms with Crippen LogP contribution in [0.3, 0.4) is 0 Å². The lowest BCUT2D eigenvalue weighted by atomic mass is 10.1. The highest BCUT2D eigenvalue weighted by molar-refractivity contribution is 9.10. The van der Waals surface area contributed by atoms with Crippen LogP contribution in [0.15, 0.2) is 27.8 Å². The van der Waals surface area contributed by atoms with E-state index in [2.05, 4.69) is 26.2 Å². The van der Waals surface area contributed by atoms with E-state index in [4.69, 9.17) is 5.73 Å². The van der Waals surface area contributed by atoms with E-state index in [1.54, 1.807) is 20.2 Å². The van der Waals surface area contributed by atoms with Crippen molar-refractivity contribution >= 4 is 33.6 Å². The van der Waals surface area contributed by atoms with Crippen LogP contribution in [0.5, 0.6) is 0 Å². The lowest BCUT2D eigenvalue weighted by molar-refractivity contribution is -0.122. The molecule has 0 saturated carbocycles. The molecule has 0 fully saturated rings. The first-order valence-corrected chi connectivity index (χ1v) is 6.49. The number of nitrogens with one attached hydrogen (secondary N) is 1. The van der Waals surface area contributed by atoms with Gasteiger partial charge in [0.05, 0.1) is 0 Å². The smallest absolute Gasteiger partial charge is 0.238 e. The van der Waals surface area contributed by atoms with Crippen LogP contribution >= 0.6 is 27.7 Å². The number of carbonyl (C=O) groups excluding carboxylic acids is 1. The van der Waals surface area contributed by atoms with Gasteiger partial charge in [-0.3, -0.25) is 4.79 Å². The van der Waals surface area contributed by atoms with Gasteiger partial charge in [0.2, 0.25) is 5.91 Å². The lowest BCUT2D eigenvalue weighted by Gasteiger charge is -2.24. The molecule has 0 saturated heterocycles. The third kappa shape index (κ3) is 3.20. The van der Waals surface area contributed by atoms with Crippen molar-refractivity contribution in [3.63, 3.8) is 0 Å². The summed E-state index contributed by atoms with van der Waals surface area (Å²) < 4.78 is 0.919. The SMILES string of the molecule is CNC(C)(CSc1ncccc1Br)C(N)=O. The quantitative estimate of drug-likeness (QED) is 0.807. The maximum atomic E-state index is 11.3. The number of likely N-dealkylation sites (N-methyl/N-ethyl adjacent to an activating group) is 1. The summed E-state index contributed by atoms with van der Waals surface area (Å²) in [5, 5.41) is 3.78. The predicted molar refractivity (Wildman–Crippen MR) is 69.3 cm³/mol. The number of amides is 1. The van der Waals surface area contributed by atoms with Crippen molar-refractivity contribution in [3.8, 4) is 0 Å². The molecule has 0 aliphatic rings.